The minimum atomic E-state index is -0.272. The van der Waals surface area contributed by atoms with Crippen molar-refractivity contribution >= 4 is 17.5 Å². The molecule has 0 bridgehead atoms. The molecule has 0 N–H and O–H groups in total. The van der Waals surface area contributed by atoms with Crippen LogP contribution in [0.15, 0.2) is 11.1 Å². The fourth-order valence-corrected chi connectivity index (χ4v) is 8.02. The van der Waals surface area contributed by atoms with Crippen LogP contribution in [0.25, 0.3) is 0 Å². The molecular formula is C24H34O4. The lowest BCUT2D eigenvalue weighted by atomic mass is 9.44. The Kier molecular flexibility index (Phi) is 4.63. The van der Waals surface area contributed by atoms with Crippen molar-refractivity contribution in [2.75, 3.05) is 0 Å². The highest BCUT2D eigenvalue weighted by Crippen LogP contribution is 2.66. The zero-order valence-electron chi connectivity index (χ0n) is 18.0. The summed E-state index contributed by atoms with van der Waals surface area (Å²) in [7, 11) is 0. The van der Waals surface area contributed by atoms with E-state index in [1.165, 1.54) is 12.5 Å². The lowest BCUT2D eigenvalue weighted by Gasteiger charge is -2.59. The first-order chi connectivity index (χ1) is 13.1. The number of esters is 1. The fourth-order valence-electron chi connectivity index (χ4n) is 8.02. The summed E-state index contributed by atoms with van der Waals surface area (Å²) in [5.74, 6) is 1.66. The molecule has 4 rings (SSSR count). The van der Waals surface area contributed by atoms with Crippen molar-refractivity contribution in [3.8, 4) is 0 Å². The van der Waals surface area contributed by atoms with E-state index in [0.717, 1.165) is 44.1 Å². The summed E-state index contributed by atoms with van der Waals surface area (Å²) in [5, 5.41) is 0. The van der Waals surface area contributed by atoms with E-state index in [0.29, 0.717) is 30.0 Å². The minimum Gasteiger partial charge on any atom is -0.463 e. The first-order valence-electron chi connectivity index (χ1n) is 11.0. The summed E-state index contributed by atoms with van der Waals surface area (Å²) in [6.07, 6.45) is 6.36. The van der Waals surface area contributed by atoms with Gasteiger partial charge in [-0.05, 0) is 75.5 Å². The SMILES string of the molecule is CC(=O)OC1CC[C@@]2(C)C(CC[C@@H]3[C@@H]2C(=O)C[C@]2(C)C(C(C)=O)=C(C)C[C@@H]32)C1. The van der Waals surface area contributed by atoms with Crippen LogP contribution in [0.2, 0.25) is 0 Å². The maximum absolute atomic E-state index is 13.6. The summed E-state index contributed by atoms with van der Waals surface area (Å²) >= 11 is 0. The highest BCUT2D eigenvalue weighted by Gasteiger charge is 2.63. The van der Waals surface area contributed by atoms with Crippen LogP contribution in [-0.2, 0) is 19.1 Å². The summed E-state index contributed by atoms with van der Waals surface area (Å²) in [6.45, 7) is 9.73. The van der Waals surface area contributed by atoms with Gasteiger partial charge in [0.15, 0.2) is 5.78 Å². The average molecular weight is 387 g/mol. The second-order valence-electron chi connectivity index (χ2n) is 10.5. The molecule has 3 saturated carbocycles. The number of rotatable bonds is 2. The molecule has 4 heteroatoms. The van der Waals surface area contributed by atoms with Gasteiger partial charge in [-0.1, -0.05) is 19.4 Å². The zero-order valence-corrected chi connectivity index (χ0v) is 18.0. The number of hydrogen-bond donors (Lipinski definition) is 0. The van der Waals surface area contributed by atoms with Gasteiger partial charge >= 0.3 is 5.97 Å². The number of ketones is 2. The average Bonchev–Trinajstić information content (AvgIpc) is 2.84. The molecule has 3 fully saturated rings. The Labute approximate surface area is 168 Å². The van der Waals surface area contributed by atoms with Gasteiger partial charge in [-0.15, -0.1) is 0 Å². The molecule has 0 aromatic carbocycles. The molecule has 7 atom stereocenters. The third-order valence-corrected chi connectivity index (χ3v) is 8.90. The van der Waals surface area contributed by atoms with Crippen molar-refractivity contribution in [1.82, 2.24) is 0 Å². The van der Waals surface area contributed by atoms with Crippen molar-refractivity contribution in [3.05, 3.63) is 11.1 Å². The van der Waals surface area contributed by atoms with Gasteiger partial charge in [0.25, 0.3) is 0 Å². The van der Waals surface area contributed by atoms with Gasteiger partial charge in [0.1, 0.15) is 11.9 Å². The molecule has 0 aromatic rings. The molecule has 154 valence electrons. The van der Waals surface area contributed by atoms with Crippen LogP contribution in [0.1, 0.15) is 79.6 Å². The lowest BCUT2D eigenvalue weighted by molar-refractivity contribution is -0.166. The maximum atomic E-state index is 13.6. The van der Waals surface area contributed by atoms with Crippen molar-refractivity contribution in [2.45, 2.75) is 85.7 Å². The van der Waals surface area contributed by atoms with E-state index in [1.54, 1.807) is 6.92 Å². The highest BCUT2D eigenvalue weighted by molar-refractivity contribution is 5.98. The summed E-state index contributed by atoms with van der Waals surface area (Å²) < 4.78 is 5.52. The highest BCUT2D eigenvalue weighted by atomic mass is 16.5. The molecule has 4 nitrogen and oxygen atoms in total. The van der Waals surface area contributed by atoms with Crippen LogP contribution in [0.5, 0.6) is 0 Å². The Morgan fingerprint density at radius 3 is 2.46 bits per heavy atom. The Morgan fingerprint density at radius 2 is 1.82 bits per heavy atom. The quantitative estimate of drug-likeness (QED) is 0.648. The number of fused-ring (bicyclic) bond motifs is 5. The molecule has 4 aliphatic carbocycles. The summed E-state index contributed by atoms with van der Waals surface area (Å²) in [4.78, 5) is 37.3. The van der Waals surface area contributed by atoms with Crippen LogP contribution in [0.4, 0.5) is 0 Å². The van der Waals surface area contributed by atoms with Crippen molar-refractivity contribution < 1.29 is 19.1 Å². The minimum absolute atomic E-state index is 0.00482. The van der Waals surface area contributed by atoms with E-state index in [1.807, 2.05) is 0 Å². The van der Waals surface area contributed by atoms with E-state index in [4.69, 9.17) is 4.74 Å². The predicted molar refractivity (Wildman–Crippen MR) is 106 cm³/mol. The Balaban J connectivity index is 1.63. The first-order valence-corrected chi connectivity index (χ1v) is 11.0. The van der Waals surface area contributed by atoms with Gasteiger partial charge < -0.3 is 4.74 Å². The van der Waals surface area contributed by atoms with Crippen LogP contribution in [-0.4, -0.2) is 23.6 Å². The number of hydrogen-bond acceptors (Lipinski definition) is 4. The van der Waals surface area contributed by atoms with Gasteiger partial charge in [0.05, 0.1) is 0 Å². The molecule has 4 aliphatic rings. The Hall–Kier alpha value is -1.45. The molecule has 0 heterocycles. The molecule has 0 amide bonds. The van der Waals surface area contributed by atoms with E-state index in [2.05, 4.69) is 20.8 Å². The number of carbonyl (C=O) groups excluding carboxylic acids is 3. The number of carbonyl (C=O) groups is 3. The van der Waals surface area contributed by atoms with E-state index >= 15 is 0 Å². The lowest BCUT2D eigenvalue weighted by Crippen LogP contribution is -2.57. The van der Waals surface area contributed by atoms with E-state index in [9.17, 15) is 14.4 Å². The van der Waals surface area contributed by atoms with Gasteiger partial charge in [0.2, 0.25) is 0 Å². The molecule has 0 radical (unpaired) electrons. The first kappa shape index (κ1) is 19.8. The van der Waals surface area contributed by atoms with Crippen LogP contribution < -0.4 is 0 Å². The van der Waals surface area contributed by atoms with Crippen molar-refractivity contribution in [1.29, 1.82) is 0 Å². The van der Waals surface area contributed by atoms with Gasteiger partial charge in [0, 0.05) is 30.3 Å². The molecule has 0 aliphatic heterocycles. The summed E-state index contributed by atoms with van der Waals surface area (Å²) in [5.41, 5.74) is 1.88. The molecule has 2 unspecified atom stereocenters. The number of allylic oxidation sites excluding steroid dienone is 2. The van der Waals surface area contributed by atoms with Crippen LogP contribution in [0.3, 0.4) is 0 Å². The third-order valence-electron chi connectivity index (χ3n) is 8.90. The van der Waals surface area contributed by atoms with Gasteiger partial charge in [-0.3, -0.25) is 14.4 Å². The normalized spacial score (nSPS) is 45.2. The molecule has 28 heavy (non-hydrogen) atoms. The van der Waals surface area contributed by atoms with Gasteiger partial charge in [-0.2, -0.15) is 0 Å². The van der Waals surface area contributed by atoms with E-state index < -0.39 is 0 Å². The van der Waals surface area contributed by atoms with Crippen LogP contribution >= 0.6 is 0 Å². The topological polar surface area (TPSA) is 60.4 Å². The maximum Gasteiger partial charge on any atom is 0.302 e. The number of Topliss-reactive ketones (excluding diaryl/α,β-unsaturated/α-hetero) is 2. The predicted octanol–water partition coefficient (Wildman–Crippen LogP) is 4.66. The second-order valence-corrected chi connectivity index (χ2v) is 10.5. The molecular weight excluding hydrogens is 352 g/mol. The fraction of sp³-hybridized carbons (Fsp3) is 0.792. The Bertz CT molecular complexity index is 765. The second kappa shape index (κ2) is 6.53. The van der Waals surface area contributed by atoms with Gasteiger partial charge in [-0.25, -0.2) is 0 Å². The summed E-state index contributed by atoms with van der Waals surface area (Å²) in [6, 6.07) is 0. The van der Waals surface area contributed by atoms with E-state index in [-0.39, 0.29) is 34.6 Å². The number of ether oxygens (including phenoxy) is 1. The smallest absolute Gasteiger partial charge is 0.302 e. The van der Waals surface area contributed by atoms with Crippen molar-refractivity contribution in [2.24, 2.45) is 34.5 Å². The largest absolute Gasteiger partial charge is 0.463 e. The zero-order chi connectivity index (χ0) is 20.4. The molecule has 0 aromatic heterocycles. The molecule has 0 saturated heterocycles. The third kappa shape index (κ3) is 2.74. The van der Waals surface area contributed by atoms with Crippen LogP contribution in [0, 0.1) is 34.5 Å². The molecule has 0 spiro atoms. The van der Waals surface area contributed by atoms with Crippen molar-refractivity contribution in [3.63, 3.8) is 0 Å². The Morgan fingerprint density at radius 1 is 1.11 bits per heavy atom. The monoisotopic (exact) mass is 386 g/mol. The standard InChI is InChI=1S/C24H34O4/c1-13-10-19-18-7-6-16-11-17(28-15(3)26)8-9-23(16,4)22(18)20(27)12-24(19,5)21(13)14(2)25/h16-19,22H,6-12H2,1-5H3/t16?,17?,18-,19-,22+,23-,24-/m0/s1.